The van der Waals surface area contributed by atoms with Crippen LogP contribution in [0.5, 0.6) is 0 Å². The second-order valence-electron chi connectivity index (χ2n) is 5.96. The largest absolute Gasteiger partial charge is 0.379 e. The third kappa shape index (κ3) is 4.07. The normalized spacial score (nSPS) is 15.6. The van der Waals surface area contributed by atoms with Gasteiger partial charge in [-0.1, -0.05) is 23.7 Å². The van der Waals surface area contributed by atoms with E-state index >= 15 is 0 Å². The Balaban J connectivity index is 1.87. The molecule has 0 radical (unpaired) electrons. The van der Waals surface area contributed by atoms with Gasteiger partial charge in [0.1, 0.15) is 0 Å². The van der Waals surface area contributed by atoms with Gasteiger partial charge in [-0.05, 0) is 42.8 Å². The molecule has 0 aliphatic carbocycles. The first-order chi connectivity index (χ1) is 12.4. The van der Waals surface area contributed by atoms with Crippen molar-refractivity contribution in [3.05, 3.63) is 58.6 Å². The van der Waals surface area contributed by atoms with Crippen molar-refractivity contribution in [1.82, 2.24) is 4.31 Å². The number of nitrogens with zero attached hydrogens (tertiary/aromatic N) is 1. The van der Waals surface area contributed by atoms with E-state index in [-0.39, 0.29) is 10.8 Å². The zero-order valence-electron chi connectivity index (χ0n) is 14.2. The average molecular weight is 395 g/mol. The molecule has 1 fully saturated rings. The molecule has 1 aliphatic rings. The van der Waals surface area contributed by atoms with Crippen LogP contribution >= 0.6 is 11.6 Å². The lowest BCUT2D eigenvalue weighted by Gasteiger charge is -2.26. The summed E-state index contributed by atoms with van der Waals surface area (Å²) in [5.41, 5.74) is 1.61. The van der Waals surface area contributed by atoms with Gasteiger partial charge in [0.25, 0.3) is 5.91 Å². The number of rotatable bonds is 4. The molecule has 2 aromatic carbocycles. The van der Waals surface area contributed by atoms with Crippen LogP contribution in [-0.4, -0.2) is 44.9 Å². The number of nitrogens with one attached hydrogen (secondary N) is 1. The quantitative estimate of drug-likeness (QED) is 0.865. The van der Waals surface area contributed by atoms with Gasteiger partial charge in [0.2, 0.25) is 10.0 Å². The molecule has 3 rings (SSSR count). The highest BCUT2D eigenvalue weighted by Gasteiger charge is 2.26. The van der Waals surface area contributed by atoms with Gasteiger partial charge in [-0.3, -0.25) is 4.79 Å². The summed E-state index contributed by atoms with van der Waals surface area (Å²) in [4.78, 5) is 12.6. The van der Waals surface area contributed by atoms with Crippen LogP contribution in [0.25, 0.3) is 0 Å². The van der Waals surface area contributed by atoms with Crippen LogP contribution in [-0.2, 0) is 14.8 Å². The molecule has 0 saturated carbocycles. The van der Waals surface area contributed by atoms with E-state index in [1.165, 1.54) is 10.4 Å². The van der Waals surface area contributed by atoms with Crippen molar-refractivity contribution in [3.8, 4) is 0 Å². The van der Waals surface area contributed by atoms with E-state index in [1.54, 1.807) is 43.3 Å². The van der Waals surface area contributed by atoms with Gasteiger partial charge in [0.05, 0.1) is 18.1 Å². The average Bonchev–Trinajstić information content (AvgIpc) is 2.64. The van der Waals surface area contributed by atoms with E-state index in [4.69, 9.17) is 16.3 Å². The maximum absolute atomic E-state index is 12.8. The monoisotopic (exact) mass is 394 g/mol. The third-order valence-electron chi connectivity index (χ3n) is 4.15. The number of benzene rings is 2. The van der Waals surface area contributed by atoms with Gasteiger partial charge in [-0.15, -0.1) is 0 Å². The Bertz CT molecular complexity index is 925. The van der Waals surface area contributed by atoms with Crippen molar-refractivity contribution >= 4 is 33.2 Å². The topological polar surface area (TPSA) is 75.7 Å². The number of carbonyl (C=O) groups excluding carboxylic acids is 1. The third-order valence-corrected chi connectivity index (χ3v) is 6.28. The number of amides is 1. The van der Waals surface area contributed by atoms with E-state index in [0.29, 0.717) is 42.6 Å². The van der Waals surface area contributed by atoms with Crippen molar-refractivity contribution in [2.75, 3.05) is 31.6 Å². The fourth-order valence-electron chi connectivity index (χ4n) is 2.66. The van der Waals surface area contributed by atoms with Crippen molar-refractivity contribution in [1.29, 1.82) is 0 Å². The standard InChI is InChI=1S/C18H19ClN2O4S/c1-13-5-6-16(26(23,24)21-7-9-25-10-8-21)12-17(13)20-18(22)14-3-2-4-15(19)11-14/h2-6,11-12H,7-10H2,1H3,(H,20,22). The molecule has 0 bridgehead atoms. The Hall–Kier alpha value is -1.93. The molecule has 26 heavy (non-hydrogen) atoms. The second kappa shape index (κ2) is 7.75. The van der Waals surface area contributed by atoms with E-state index in [2.05, 4.69) is 5.32 Å². The van der Waals surface area contributed by atoms with E-state index in [1.807, 2.05) is 0 Å². The Morgan fingerprint density at radius 1 is 1.15 bits per heavy atom. The lowest BCUT2D eigenvalue weighted by atomic mass is 10.1. The maximum atomic E-state index is 12.8. The number of aryl methyl sites for hydroxylation is 1. The first kappa shape index (κ1) is 18.8. The molecular weight excluding hydrogens is 376 g/mol. The Kier molecular flexibility index (Phi) is 5.62. The predicted molar refractivity (Wildman–Crippen MR) is 100 cm³/mol. The Morgan fingerprint density at radius 3 is 2.58 bits per heavy atom. The zero-order valence-corrected chi connectivity index (χ0v) is 15.8. The smallest absolute Gasteiger partial charge is 0.255 e. The molecule has 0 atom stereocenters. The van der Waals surface area contributed by atoms with E-state index in [0.717, 1.165) is 5.56 Å². The molecule has 0 unspecified atom stereocenters. The van der Waals surface area contributed by atoms with Crippen LogP contribution < -0.4 is 5.32 Å². The summed E-state index contributed by atoms with van der Waals surface area (Å²) >= 11 is 5.92. The summed E-state index contributed by atoms with van der Waals surface area (Å²) in [6, 6.07) is 11.3. The number of carbonyl (C=O) groups is 1. The molecule has 138 valence electrons. The van der Waals surface area contributed by atoms with Gasteiger partial charge in [0.15, 0.2) is 0 Å². The molecule has 0 spiro atoms. The second-order valence-corrected chi connectivity index (χ2v) is 8.33. The van der Waals surface area contributed by atoms with Crippen molar-refractivity contribution in [2.24, 2.45) is 0 Å². The van der Waals surface area contributed by atoms with E-state index in [9.17, 15) is 13.2 Å². The molecule has 0 aromatic heterocycles. The molecule has 2 aromatic rings. The summed E-state index contributed by atoms with van der Waals surface area (Å²) in [6.45, 7) is 3.20. The summed E-state index contributed by atoms with van der Waals surface area (Å²) in [7, 11) is -3.63. The highest BCUT2D eigenvalue weighted by molar-refractivity contribution is 7.89. The molecule has 6 nitrogen and oxygen atoms in total. The summed E-state index contributed by atoms with van der Waals surface area (Å²) in [6.07, 6.45) is 0. The molecular formula is C18H19ClN2O4S. The van der Waals surface area contributed by atoms with Gasteiger partial charge < -0.3 is 10.1 Å². The molecule has 1 heterocycles. The SMILES string of the molecule is Cc1ccc(S(=O)(=O)N2CCOCC2)cc1NC(=O)c1cccc(Cl)c1. The van der Waals surface area contributed by atoms with E-state index < -0.39 is 10.0 Å². The van der Waals surface area contributed by atoms with Crippen LogP contribution in [0.15, 0.2) is 47.4 Å². The number of ether oxygens (including phenoxy) is 1. The van der Waals surface area contributed by atoms with Gasteiger partial charge in [-0.25, -0.2) is 8.42 Å². The number of sulfonamides is 1. The maximum Gasteiger partial charge on any atom is 0.255 e. The molecule has 8 heteroatoms. The van der Waals surface area contributed by atoms with Crippen LogP contribution in [0.2, 0.25) is 5.02 Å². The molecule has 1 aliphatic heterocycles. The lowest BCUT2D eigenvalue weighted by Crippen LogP contribution is -2.40. The van der Waals surface area contributed by atoms with Crippen LogP contribution in [0, 0.1) is 6.92 Å². The van der Waals surface area contributed by atoms with Gasteiger partial charge >= 0.3 is 0 Å². The fourth-order valence-corrected chi connectivity index (χ4v) is 4.28. The van der Waals surface area contributed by atoms with Crippen LogP contribution in [0.4, 0.5) is 5.69 Å². The highest BCUT2D eigenvalue weighted by Crippen LogP contribution is 2.24. The number of morpholine rings is 1. The molecule has 1 saturated heterocycles. The van der Waals surface area contributed by atoms with Crippen molar-refractivity contribution < 1.29 is 17.9 Å². The fraction of sp³-hybridized carbons (Fsp3) is 0.278. The first-order valence-corrected chi connectivity index (χ1v) is 9.95. The number of hydrogen-bond acceptors (Lipinski definition) is 4. The first-order valence-electron chi connectivity index (χ1n) is 8.13. The van der Waals surface area contributed by atoms with Crippen molar-refractivity contribution in [3.63, 3.8) is 0 Å². The molecule has 1 amide bonds. The predicted octanol–water partition coefficient (Wildman–Crippen LogP) is 2.92. The number of hydrogen-bond donors (Lipinski definition) is 1. The zero-order chi connectivity index (χ0) is 18.7. The van der Waals surface area contributed by atoms with Crippen LogP contribution in [0.1, 0.15) is 15.9 Å². The summed E-state index contributed by atoms with van der Waals surface area (Å²) < 4.78 is 32.2. The van der Waals surface area contributed by atoms with Gasteiger partial charge in [-0.2, -0.15) is 4.31 Å². The Labute approximate surface area is 157 Å². The minimum absolute atomic E-state index is 0.145. The number of anilines is 1. The van der Waals surface area contributed by atoms with Crippen LogP contribution in [0.3, 0.4) is 0 Å². The summed E-state index contributed by atoms with van der Waals surface area (Å²) in [5.74, 6) is -0.350. The number of halogens is 1. The minimum Gasteiger partial charge on any atom is -0.379 e. The minimum atomic E-state index is -3.63. The van der Waals surface area contributed by atoms with Crippen molar-refractivity contribution in [2.45, 2.75) is 11.8 Å². The summed E-state index contributed by atoms with van der Waals surface area (Å²) in [5, 5.41) is 3.22. The molecule has 1 N–H and O–H groups in total. The Morgan fingerprint density at radius 2 is 1.88 bits per heavy atom. The lowest BCUT2D eigenvalue weighted by molar-refractivity contribution is 0.0730. The van der Waals surface area contributed by atoms with Gasteiger partial charge in [0, 0.05) is 29.4 Å². The highest BCUT2D eigenvalue weighted by atomic mass is 35.5.